The molecule has 1 N–H and O–H groups in total. The first-order chi connectivity index (χ1) is 9.94. The molecule has 1 aromatic carbocycles. The molecule has 2 heterocycles. The van der Waals surface area contributed by atoms with Crippen LogP contribution in [0.3, 0.4) is 0 Å². The maximum absolute atomic E-state index is 12.3. The Morgan fingerprint density at radius 1 is 1.24 bits per heavy atom. The van der Waals surface area contributed by atoms with Gasteiger partial charge in [-0.2, -0.15) is 0 Å². The molecule has 0 atom stereocenters. The van der Waals surface area contributed by atoms with E-state index in [9.17, 15) is 8.42 Å². The minimum atomic E-state index is -3.70. The lowest BCUT2D eigenvalue weighted by atomic mass is 10.3. The Morgan fingerprint density at radius 3 is 2.81 bits per heavy atom. The zero-order valence-corrected chi connectivity index (χ0v) is 13.3. The van der Waals surface area contributed by atoms with Crippen LogP contribution in [0.25, 0.3) is 11.1 Å². The molecule has 2 aromatic heterocycles. The van der Waals surface area contributed by atoms with E-state index in [1.54, 1.807) is 25.1 Å². The fourth-order valence-corrected chi connectivity index (χ4v) is 3.41. The molecule has 8 heteroatoms. The number of nitrogens with zero attached hydrogens (tertiary/aromatic N) is 2. The largest absolute Gasteiger partial charge is 0.441 e. The van der Waals surface area contributed by atoms with E-state index in [1.807, 2.05) is 0 Å². The summed E-state index contributed by atoms with van der Waals surface area (Å²) in [7, 11) is -3.70. The summed E-state index contributed by atoms with van der Waals surface area (Å²) in [5.74, 6) is 0.529. The molecule has 0 radical (unpaired) electrons. The number of hydrogen-bond acceptors (Lipinski definition) is 5. The van der Waals surface area contributed by atoms with Crippen LogP contribution in [0, 0.1) is 6.92 Å². The number of anilines is 1. The molecule has 0 unspecified atom stereocenters. The fourth-order valence-electron chi connectivity index (χ4n) is 1.86. The van der Waals surface area contributed by atoms with Gasteiger partial charge in [0.2, 0.25) is 0 Å². The van der Waals surface area contributed by atoms with Crippen LogP contribution in [0.15, 0.2) is 50.4 Å². The Kier molecular flexibility index (Phi) is 3.42. The second-order valence-corrected chi connectivity index (χ2v) is 6.96. The van der Waals surface area contributed by atoms with Gasteiger partial charge in [-0.1, -0.05) is 0 Å². The highest BCUT2D eigenvalue weighted by Gasteiger charge is 2.15. The minimum absolute atomic E-state index is 0.0771. The molecular weight excluding hydrogens is 358 g/mol. The molecule has 0 aliphatic rings. The third-order valence-electron chi connectivity index (χ3n) is 2.74. The first-order valence-corrected chi connectivity index (χ1v) is 8.22. The van der Waals surface area contributed by atoms with E-state index in [1.165, 1.54) is 18.5 Å². The monoisotopic (exact) mass is 367 g/mol. The van der Waals surface area contributed by atoms with E-state index in [4.69, 9.17) is 4.42 Å². The van der Waals surface area contributed by atoms with Gasteiger partial charge in [-0.15, -0.1) is 0 Å². The summed E-state index contributed by atoms with van der Waals surface area (Å²) in [5.41, 5.74) is 1.62. The maximum atomic E-state index is 12.3. The lowest BCUT2D eigenvalue weighted by Gasteiger charge is -2.07. The second kappa shape index (κ2) is 5.12. The third-order valence-corrected chi connectivity index (χ3v) is 4.52. The molecule has 0 aliphatic carbocycles. The first kappa shape index (κ1) is 14.0. The summed E-state index contributed by atoms with van der Waals surface area (Å²) in [6, 6.07) is 6.39. The van der Waals surface area contributed by atoms with Gasteiger partial charge in [-0.05, 0) is 40.2 Å². The SMILES string of the molecule is Cc1nc2cc(NS(=O)(=O)c3cncc(Br)c3)ccc2o1. The van der Waals surface area contributed by atoms with Crippen LogP contribution in [0.2, 0.25) is 0 Å². The van der Waals surface area contributed by atoms with Crippen LogP contribution in [-0.2, 0) is 10.0 Å². The van der Waals surface area contributed by atoms with Crippen LogP contribution in [0.5, 0.6) is 0 Å². The van der Waals surface area contributed by atoms with Crippen molar-refractivity contribution >= 4 is 42.7 Å². The third kappa shape index (κ3) is 2.91. The molecule has 3 aromatic rings. The number of halogens is 1. The van der Waals surface area contributed by atoms with Gasteiger partial charge >= 0.3 is 0 Å². The molecule has 0 saturated carbocycles. The molecule has 21 heavy (non-hydrogen) atoms. The van der Waals surface area contributed by atoms with Gasteiger partial charge in [0.1, 0.15) is 10.4 Å². The van der Waals surface area contributed by atoms with Crippen LogP contribution in [0.4, 0.5) is 5.69 Å². The Balaban J connectivity index is 1.96. The van der Waals surface area contributed by atoms with Crippen molar-refractivity contribution in [1.82, 2.24) is 9.97 Å². The van der Waals surface area contributed by atoms with E-state index < -0.39 is 10.0 Å². The van der Waals surface area contributed by atoms with Crippen molar-refractivity contribution in [2.45, 2.75) is 11.8 Å². The summed E-state index contributed by atoms with van der Waals surface area (Å²) in [4.78, 5) is 8.10. The van der Waals surface area contributed by atoms with E-state index in [0.29, 0.717) is 27.2 Å². The highest BCUT2D eigenvalue weighted by molar-refractivity contribution is 9.10. The number of benzene rings is 1. The lowest BCUT2D eigenvalue weighted by Crippen LogP contribution is -2.13. The summed E-state index contributed by atoms with van der Waals surface area (Å²) < 4.78 is 33.0. The lowest BCUT2D eigenvalue weighted by molar-refractivity contribution is 0.561. The Hall–Kier alpha value is -1.93. The average molecular weight is 368 g/mol. The molecule has 0 spiro atoms. The summed E-state index contributed by atoms with van der Waals surface area (Å²) >= 11 is 3.20. The summed E-state index contributed by atoms with van der Waals surface area (Å²) in [6.07, 6.45) is 2.80. The Bertz CT molecular complexity index is 921. The second-order valence-electron chi connectivity index (χ2n) is 4.36. The Labute approximate surface area is 129 Å². The number of fused-ring (bicyclic) bond motifs is 1. The molecule has 0 saturated heterocycles. The van der Waals surface area contributed by atoms with E-state index in [-0.39, 0.29) is 4.90 Å². The number of oxazole rings is 1. The number of nitrogens with one attached hydrogen (secondary N) is 1. The number of aryl methyl sites for hydroxylation is 1. The topological polar surface area (TPSA) is 85.1 Å². The van der Waals surface area contributed by atoms with E-state index in [2.05, 4.69) is 30.6 Å². The van der Waals surface area contributed by atoms with Crippen molar-refractivity contribution in [2.24, 2.45) is 0 Å². The molecule has 0 fully saturated rings. The van der Waals surface area contributed by atoms with Gasteiger partial charge in [0.25, 0.3) is 10.0 Å². The fraction of sp³-hybridized carbons (Fsp3) is 0.0769. The van der Waals surface area contributed by atoms with Gasteiger partial charge in [0.05, 0.1) is 5.69 Å². The number of pyridine rings is 1. The number of hydrogen-bond donors (Lipinski definition) is 1. The van der Waals surface area contributed by atoms with Gasteiger partial charge in [0.15, 0.2) is 11.5 Å². The van der Waals surface area contributed by atoms with Crippen LogP contribution < -0.4 is 4.72 Å². The molecule has 0 amide bonds. The molecule has 0 aliphatic heterocycles. The van der Waals surface area contributed by atoms with Gasteiger partial charge in [-0.25, -0.2) is 13.4 Å². The van der Waals surface area contributed by atoms with Gasteiger partial charge in [0, 0.05) is 23.8 Å². The zero-order valence-electron chi connectivity index (χ0n) is 10.9. The van der Waals surface area contributed by atoms with Crippen LogP contribution >= 0.6 is 15.9 Å². The average Bonchev–Trinajstić information content (AvgIpc) is 2.77. The van der Waals surface area contributed by atoms with Crippen molar-refractivity contribution in [1.29, 1.82) is 0 Å². The minimum Gasteiger partial charge on any atom is -0.441 e. The standard InChI is InChI=1S/C13H10BrN3O3S/c1-8-16-12-5-10(2-3-13(12)20-8)17-21(18,19)11-4-9(14)6-15-7-11/h2-7,17H,1H3. The number of aromatic nitrogens is 2. The first-order valence-electron chi connectivity index (χ1n) is 5.95. The summed E-state index contributed by atoms with van der Waals surface area (Å²) in [6.45, 7) is 1.73. The zero-order chi connectivity index (χ0) is 15.0. The molecule has 0 bridgehead atoms. The van der Waals surface area contributed by atoms with Crippen LogP contribution in [0.1, 0.15) is 5.89 Å². The molecule has 108 valence electrons. The van der Waals surface area contributed by atoms with Crippen LogP contribution in [-0.4, -0.2) is 18.4 Å². The predicted molar refractivity (Wildman–Crippen MR) is 81.5 cm³/mol. The van der Waals surface area contributed by atoms with Crippen molar-refractivity contribution in [2.75, 3.05) is 4.72 Å². The van der Waals surface area contributed by atoms with E-state index >= 15 is 0 Å². The summed E-state index contributed by atoms with van der Waals surface area (Å²) in [5, 5.41) is 0. The van der Waals surface area contributed by atoms with Crippen molar-refractivity contribution in [3.8, 4) is 0 Å². The number of rotatable bonds is 3. The van der Waals surface area contributed by atoms with Gasteiger partial charge < -0.3 is 4.42 Å². The smallest absolute Gasteiger partial charge is 0.263 e. The Morgan fingerprint density at radius 2 is 2.05 bits per heavy atom. The van der Waals surface area contributed by atoms with E-state index in [0.717, 1.165) is 0 Å². The highest BCUT2D eigenvalue weighted by atomic mass is 79.9. The predicted octanol–water partition coefficient (Wildman–Crippen LogP) is 3.09. The van der Waals surface area contributed by atoms with Gasteiger partial charge in [-0.3, -0.25) is 9.71 Å². The van der Waals surface area contributed by atoms with Crippen molar-refractivity contribution in [3.63, 3.8) is 0 Å². The molecular formula is C13H10BrN3O3S. The number of sulfonamides is 1. The van der Waals surface area contributed by atoms with Crippen molar-refractivity contribution < 1.29 is 12.8 Å². The highest BCUT2D eigenvalue weighted by Crippen LogP contribution is 2.22. The van der Waals surface area contributed by atoms with Crippen molar-refractivity contribution in [3.05, 3.63) is 47.0 Å². The quantitative estimate of drug-likeness (QED) is 0.768. The normalized spacial score (nSPS) is 11.7. The molecule has 6 nitrogen and oxygen atoms in total. The maximum Gasteiger partial charge on any atom is 0.263 e. The molecule has 3 rings (SSSR count).